The molecule has 1 heterocycles. The Morgan fingerprint density at radius 2 is 2.14 bits per heavy atom. The molecule has 0 saturated carbocycles. The highest BCUT2D eigenvalue weighted by atomic mass is 19.4. The van der Waals surface area contributed by atoms with E-state index in [2.05, 4.69) is 5.32 Å². The number of hydrazine groups is 1. The summed E-state index contributed by atoms with van der Waals surface area (Å²) in [7, 11) is 1.89. The van der Waals surface area contributed by atoms with Gasteiger partial charge in [-0.15, -0.1) is 0 Å². The van der Waals surface area contributed by atoms with E-state index in [1.165, 1.54) is 12.1 Å². The standard InChI is InChI=1S/C15H22F3N3/c1-20-14(7-3-9-21(19)11-14)8-6-12-4-2-5-13(10-12)15(16,17)18/h2,4-5,10,20H,3,6-9,11,19H2,1H3. The Morgan fingerprint density at radius 3 is 2.76 bits per heavy atom. The SMILES string of the molecule is CNC1(CCc2cccc(C(F)(F)F)c2)CCCN(N)C1. The van der Waals surface area contributed by atoms with Crippen LogP contribution in [0.15, 0.2) is 24.3 Å². The van der Waals surface area contributed by atoms with Crippen molar-refractivity contribution in [2.75, 3.05) is 20.1 Å². The molecule has 0 amide bonds. The third kappa shape index (κ3) is 4.18. The van der Waals surface area contributed by atoms with Crippen LogP contribution in [0.4, 0.5) is 13.2 Å². The van der Waals surface area contributed by atoms with Crippen LogP contribution in [0.25, 0.3) is 0 Å². The third-order valence-corrected chi connectivity index (χ3v) is 4.28. The Balaban J connectivity index is 2.05. The van der Waals surface area contributed by atoms with Gasteiger partial charge in [0, 0.05) is 18.6 Å². The number of nitrogens with one attached hydrogen (secondary N) is 1. The van der Waals surface area contributed by atoms with Gasteiger partial charge < -0.3 is 5.32 Å². The maximum absolute atomic E-state index is 12.7. The van der Waals surface area contributed by atoms with Gasteiger partial charge in [0.05, 0.1) is 5.56 Å². The predicted octanol–water partition coefficient (Wildman–Crippen LogP) is 2.57. The number of likely N-dealkylation sites (N-methyl/N-ethyl adjacent to an activating group) is 1. The Hall–Kier alpha value is -1.11. The van der Waals surface area contributed by atoms with Gasteiger partial charge in [0.1, 0.15) is 0 Å². The van der Waals surface area contributed by atoms with Crippen LogP contribution in [0.1, 0.15) is 30.4 Å². The number of aryl methyl sites for hydroxylation is 1. The average Bonchev–Trinajstić information content (AvgIpc) is 2.45. The zero-order chi connectivity index (χ0) is 15.5. The van der Waals surface area contributed by atoms with Crippen LogP contribution in [0.3, 0.4) is 0 Å². The minimum Gasteiger partial charge on any atom is -0.313 e. The first-order chi connectivity index (χ1) is 9.85. The third-order valence-electron chi connectivity index (χ3n) is 4.28. The van der Waals surface area contributed by atoms with E-state index < -0.39 is 11.7 Å². The molecule has 21 heavy (non-hydrogen) atoms. The topological polar surface area (TPSA) is 41.3 Å². The molecule has 6 heteroatoms. The van der Waals surface area contributed by atoms with E-state index in [1.54, 1.807) is 11.1 Å². The number of nitrogens with zero attached hydrogens (tertiary/aromatic N) is 1. The molecular formula is C15H22F3N3. The van der Waals surface area contributed by atoms with Gasteiger partial charge in [0.25, 0.3) is 0 Å². The molecule has 3 nitrogen and oxygen atoms in total. The van der Waals surface area contributed by atoms with E-state index in [9.17, 15) is 13.2 Å². The molecule has 1 aromatic rings. The fraction of sp³-hybridized carbons (Fsp3) is 0.600. The molecule has 0 aromatic heterocycles. The number of nitrogens with two attached hydrogens (primary N) is 1. The van der Waals surface area contributed by atoms with Crippen molar-refractivity contribution in [3.8, 4) is 0 Å². The van der Waals surface area contributed by atoms with Gasteiger partial charge in [0.2, 0.25) is 0 Å². The van der Waals surface area contributed by atoms with Gasteiger partial charge in [-0.1, -0.05) is 18.2 Å². The molecule has 1 unspecified atom stereocenters. The van der Waals surface area contributed by atoms with Crippen LogP contribution in [-0.4, -0.2) is 30.7 Å². The Labute approximate surface area is 123 Å². The van der Waals surface area contributed by atoms with Crippen molar-refractivity contribution in [3.05, 3.63) is 35.4 Å². The molecule has 1 atom stereocenters. The summed E-state index contributed by atoms with van der Waals surface area (Å²) in [4.78, 5) is 0. The number of piperidine rings is 1. The molecule has 1 aliphatic heterocycles. The summed E-state index contributed by atoms with van der Waals surface area (Å²) in [6.07, 6.45) is -0.900. The summed E-state index contributed by atoms with van der Waals surface area (Å²) in [6, 6.07) is 5.58. The maximum atomic E-state index is 12.7. The summed E-state index contributed by atoms with van der Waals surface area (Å²) in [5.41, 5.74) is 0.0255. The Kier molecular flexibility index (Phi) is 4.91. The Bertz CT molecular complexity index is 475. The van der Waals surface area contributed by atoms with Crippen molar-refractivity contribution in [3.63, 3.8) is 0 Å². The smallest absolute Gasteiger partial charge is 0.313 e. The van der Waals surface area contributed by atoms with Gasteiger partial charge in [0.15, 0.2) is 0 Å². The molecule has 0 aliphatic carbocycles. The summed E-state index contributed by atoms with van der Waals surface area (Å²) in [5.74, 6) is 5.88. The van der Waals surface area contributed by atoms with Crippen molar-refractivity contribution in [2.45, 2.75) is 37.4 Å². The number of hydrogen-bond acceptors (Lipinski definition) is 3. The first-order valence-corrected chi connectivity index (χ1v) is 7.19. The van der Waals surface area contributed by atoms with Crippen LogP contribution < -0.4 is 11.2 Å². The fourth-order valence-corrected chi connectivity index (χ4v) is 2.99. The van der Waals surface area contributed by atoms with Gasteiger partial charge in [-0.2, -0.15) is 13.2 Å². The van der Waals surface area contributed by atoms with Crippen LogP contribution in [0, 0.1) is 0 Å². The Morgan fingerprint density at radius 1 is 1.38 bits per heavy atom. The van der Waals surface area contributed by atoms with Crippen molar-refractivity contribution >= 4 is 0 Å². The summed E-state index contributed by atoms with van der Waals surface area (Å²) in [5, 5.41) is 5.10. The summed E-state index contributed by atoms with van der Waals surface area (Å²) in [6.45, 7) is 1.59. The number of hydrogen-bond donors (Lipinski definition) is 2. The molecule has 0 radical (unpaired) electrons. The maximum Gasteiger partial charge on any atom is 0.416 e. The molecule has 1 fully saturated rings. The second kappa shape index (κ2) is 6.34. The lowest BCUT2D eigenvalue weighted by Gasteiger charge is -2.41. The van der Waals surface area contributed by atoms with E-state index in [0.29, 0.717) is 12.0 Å². The molecular weight excluding hydrogens is 279 g/mol. The normalized spacial score (nSPS) is 24.2. The number of alkyl halides is 3. The van der Waals surface area contributed by atoms with Gasteiger partial charge in [-0.25, -0.2) is 5.01 Å². The van der Waals surface area contributed by atoms with Crippen LogP contribution in [-0.2, 0) is 12.6 Å². The molecule has 118 valence electrons. The minimum absolute atomic E-state index is 0.110. The van der Waals surface area contributed by atoms with Gasteiger partial charge >= 0.3 is 6.18 Å². The lowest BCUT2D eigenvalue weighted by Crippen LogP contribution is -2.57. The van der Waals surface area contributed by atoms with Crippen LogP contribution in [0.2, 0.25) is 0 Å². The van der Waals surface area contributed by atoms with E-state index >= 15 is 0 Å². The number of halogens is 3. The van der Waals surface area contributed by atoms with Gasteiger partial charge in [-0.05, 0) is 44.4 Å². The first-order valence-electron chi connectivity index (χ1n) is 7.19. The second-order valence-electron chi connectivity index (χ2n) is 5.80. The zero-order valence-corrected chi connectivity index (χ0v) is 12.2. The van der Waals surface area contributed by atoms with Gasteiger partial charge in [-0.3, -0.25) is 5.84 Å². The van der Waals surface area contributed by atoms with Crippen molar-refractivity contribution in [1.82, 2.24) is 10.3 Å². The number of rotatable bonds is 4. The van der Waals surface area contributed by atoms with Crippen LogP contribution in [0.5, 0.6) is 0 Å². The fourth-order valence-electron chi connectivity index (χ4n) is 2.99. The molecule has 2 rings (SSSR count). The van der Waals surface area contributed by atoms with E-state index in [4.69, 9.17) is 5.84 Å². The first kappa shape index (κ1) is 16.3. The lowest BCUT2D eigenvalue weighted by atomic mass is 9.84. The highest BCUT2D eigenvalue weighted by molar-refractivity contribution is 5.26. The average molecular weight is 301 g/mol. The molecule has 0 spiro atoms. The summed E-state index contributed by atoms with van der Waals surface area (Å²) < 4.78 is 38.2. The second-order valence-corrected chi connectivity index (χ2v) is 5.80. The number of benzene rings is 1. The van der Waals surface area contributed by atoms with E-state index in [1.807, 2.05) is 7.05 Å². The summed E-state index contributed by atoms with van der Waals surface area (Å²) >= 11 is 0. The highest BCUT2D eigenvalue weighted by Crippen LogP contribution is 2.30. The van der Waals surface area contributed by atoms with Crippen molar-refractivity contribution in [1.29, 1.82) is 0 Å². The van der Waals surface area contributed by atoms with Crippen LogP contribution >= 0.6 is 0 Å². The molecule has 3 N–H and O–H groups in total. The monoisotopic (exact) mass is 301 g/mol. The quantitative estimate of drug-likeness (QED) is 0.840. The molecule has 0 bridgehead atoms. The minimum atomic E-state index is -4.28. The highest BCUT2D eigenvalue weighted by Gasteiger charge is 2.33. The predicted molar refractivity (Wildman–Crippen MR) is 76.6 cm³/mol. The molecule has 1 aliphatic rings. The molecule has 1 aromatic carbocycles. The largest absolute Gasteiger partial charge is 0.416 e. The van der Waals surface area contributed by atoms with E-state index in [0.717, 1.165) is 38.4 Å². The van der Waals surface area contributed by atoms with Crippen molar-refractivity contribution < 1.29 is 13.2 Å². The molecule has 1 saturated heterocycles. The zero-order valence-electron chi connectivity index (χ0n) is 12.2. The lowest BCUT2D eigenvalue weighted by molar-refractivity contribution is -0.137. The van der Waals surface area contributed by atoms with Crippen molar-refractivity contribution in [2.24, 2.45) is 5.84 Å². The van der Waals surface area contributed by atoms with E-state index in [-0.39, 0.29) is 5.54 Å².